The second-order valence-corrected chi connectivity index (χ2v) is 38.7. The summed E-state index contributed by atoms with van der Waals surface area (Å²) in [4.78, 5) is 89.1. The van der Waals surface area contributed by atoms with Crippen LogP contribution in [0.25, 0.3) is 0 Å². The number of carbonyl (C=O) groups is 8. The van der Waals surface area contributed by atoms with Crippen LogP contribution < -0.4 is 0 Å². The zero-order chi connectivity index (χ0) is 99.8. The van der Waals surface area contributed by atoms with Crippen molar-refractivity contribution in [3.63, 3.8) is 0 Å². The number of aliphatic carboxylic acids is 1. The van der Waals surface area contributed by atoms with Gasteiger partial charge in [-0.1, -0.05) is 453 Å². The van der Waals surface area contributed by atoms with Crippen LogP contribution in [0.5, 0.6) is 0 Å². The predicted molar refractivity (Wildman–Crippen MR) is 563 cm³/mol. The monoisotopic (exact) mass is 1910 g/mol. The number of carbonyl (C=O) groups excluding carboxylic acids is 7. The van der Waals surface area contributed by atoms with Crippen LogP contribution in [-0.4, -0.2) is 128 Å². The number of aliphatic hydroxyl groups excluding tert-OH is 2. The van der Waals surface area contributed by atoms with E-state index in [1.165, 1.54) is 356 Å². The molecule has 0 radical (unpaired) electrons. The SMILES string of the molecule is CCCCCCCC/C=C\CCCCCCCC(=O)OC.CCCCCCCCC1OC1CCCCCCCC(=O)OC.CCCCCCCCCC(=O)O.CCCCCCCCCC(=O)OC(CCCCCCCC(=O)OC)C(O)CCCCCCCC.CCCCCCCCCC(=O)OC(CCCCCCCC)C(O)CCCCCCCC(=O)OC.CCCCCCCCCC=O. The molecule has 18 nitrogen and oxygen atoms in total. The molecule has 134 heavy (non-hydrogen) atoms. The predicted octanol–water partition coefficient (Wildman–Crippen LogP) is 34.3. The summed E-state index contributed by atoms with van der Waals surface area (Å²) in [6, 6.07) is 0. The van der Waals surface area contributed by atoms with E-state index in [9.17, 15) is 48.6 Å². The van der Waals surface area contributed by atoms with Crippen LogP contribution in [0.3, 0.4) is 0 Å². The van der Waals surface area contributed by atoms with E-state index >= 15 is 0 Å². The van der Waals surface area contributed by atoms with Crippen molar-refractivity contribution in [3.05, 3.63) is 12.2 Å². The fraction of sp³-hybridized carbons (Fsp3) is 0.914. The van der Waals surface area contributed by atoms with Gasteiger partial charge in [0.05, 0.1) is 52.9 Å². The minimum absolute atomic E-state index is 0.0763. The van der Waals surface area contributed by atoms with Crippen molar-refractivity contribution in [2.24, 2.45) is 0 Å². The molecule has 0 aliphatic carbocycles. The maximum absolute atomic E-state index is 12.4. The third-order valence-electron chi connectivity index (χ3n) is 25.7. The fourth-order valence-corrected chi connectivity index (χ4v) is 16.6. The van der Waals surface area contributed by atoms with Crippen LogP contribution in [0, 0.1) is 0 Å². The van der Waals surface area contributed by atoms with Crippen molar-refractivity contribution >= 4 is 48.1 Å². The maximum atomic E-state index is 12.4. The molecular weight excluding hydrogens is 1680 g/mol. The Labute approximate surface area is 828 Å². The lowest BCUT2D eigenvalue weighted by molar-refractivity contribution is -0.157. The molecule has 6 unspecified atom stereocenters. The lowest BCUT2D eigenvalue weighted by atomic mass is 9.99. The first-order chi connectivity index (χ1) is 65.4. The Morgan fingerprint density at radius 1 is 0.239 bits per heavy atom. The first-order valence-corrected chi connectivity index (χ1v) is 57.3. The van der Waals surface area contributed by atoms with Gasteiger partial charge in [0.15, 0.2) is 0 Å². The van der Waals surface area contributed by atoms with Crippen LogP contribution in [0.1, 0.15) is 620 Å². The second-order valence-electron chi connectivity index (χ2n) is 38.7. The zero-order valence-corrected chi connectivity index (χ0v) is 90.4. The average Bonchev–Trinajstić information content (AvgIpc) is 1.71. The minimum Gasteiger partial charge on any atom is -0.481 e. The molecule has 0 saturated carbocycles. The van der Waals surface area contributed by atoms with E-state index in [-0.39, 0.29) is 48.0 Å². The van der Waals surface area contributed by atoms with Crippen LogP contribution in [-0.2, 0) is 71.5 Å². The number of carboxylic acid groups (broad SMARTS) is 1. The number of hydrogen-bond donors (Lipinski definition) is 3. The van der Waals surface area contributed by atoms with Crippen molar-refractivity contribution in [1.82, 2.24) is 0 Å². The normalized spacial score (nSPS) is 13.3. The number of rotatable bonds is 96. The molecule has 18 heteroatoms. The largest absolute Gasteiger partial charge is 0.481 e. The highest BCUT2D eigenvalue weighted by Gasteiger charge is 2.37. The van der Waals surface area contributed by atoms with Crippen molar-refractivity contribution in [1.29, 1.82) is 0 Å². The molecule has 6 atom stereocenters. The summed E-state index contributed by atoms with van der Waals surface area (Å²) >= 11 is 0. The highest BCUT2D eigenvalue weighted by atomic mass is 16.6. The number of aldehydes is 1. The summed E-state index contributed by atoms with van der Waals surface area (Å²) in [6.45, 7) is 17.8. The van der Waals surface area contributed by atoms with E-state index in [1.807, 2.05) is 0 Å². The molecule has 1 saturated heterocycles. The van der Waals surface area contributed by atoms with Gasteiger partial charge in [-0.3, -0.25) is 33.6 Å². The van der Waals surface area contributed by atoms with Gasteiger partial charge in [-0.15, -0.1) is 0 Å². The molecule has 0 bridgehead atoms. The summed E-state index contributed by atoms with van der Waals surface area (Å²) in [5.74, 6) is -1.41. The molecule has 0 spiro atoms. The number of epoxide rings is 1. The number of aliphatic hydroxyl groups is 2. The van der Waals surface area contributed by atoms with Gasteiger partial charge in [0.25, 0.3) is 0 Å². The van der Waals surface area contributed by atoms with Gasteiger partial charge in [0, 0.05) is 51.4 Å². The Bertz CT molecular complexity index is 2440. The van der Waals surface area contributed by atoms with E-state index in [1.54, 1.807) is 0 Å². The average molecular weight is 1910 g/mol. The molecule has 0 aromatic carbocycles. The number of methoxy groups -OCH3 is 4. The van der Waals surface area contributed by atoms with Crippen LogP contribution in [0.15, 0.2) is 12.2 Å². The summed E-state index contributed by atoms with van der Waals surface area (Å²) < 4.78 is 35.9. The lowest BCUT2D eigenvalue weighted by Gasteiger charge is -2.23. The summed E-state index contributed by atoms with van der Waals surface area (Å²) in [5.41, 5.74) is 0. The Kier molecular flexibility index (Phi) is 123. The van der Waals surface area contributed by atoms with Crippen molar-refractivity contribution in [2.75, 3.05) is 28.4 Å². The van der Waals surface area contributed by atoms with Crippen LogP contribution in [0.4, 0.5) is 0 Å². The first kappa shape index (κ1) is 138. The van der Waals surface area contributed by atoms with Crippen molar-refractivity contribution < 1.29 is 86.8 Å². The number of carboxylic acids is 1. The topological polar surface area (TPSA) is 265 Å². The first-order valence-electron chi connectivity index (χ1n) is 57.3. The van der Waals surface area contributed by atoms with Crippen molar-refractivity contribution in [2.45, 2.75) is 657 Å². The summed E-state index contributed by atoms with van der Waals surface area (Å²) in [5, 5.41) is 29.9. The van der Waals surface area contributed by atoms with Crippen LogP contribution in [0.2, 0.25) is 0 Å². The quantitative estimate of drug-likeness (QED) is 0.0128. The molecule has 0 amide bonds. The van der Waals surface area contributed by atoms with E-state index < -0.39 is 18.2 Å². The zero-order valence-electron chi connectivity index (χ0n) is 90.4. The highest BCUT2D eigenvalue weighted by Crippen LogP contribution is 2.32. The van der Waals surface area contributed by atoms with Gasteiger partial charge in [-0.2, -0.15) is 0 Å². The highest BCUT2D eigenvalue weighted by molar-refractivity contribution is 5.71. The van der Waals surface area contributed by atoms with Gasteiger partial charge in [0.2, 0.25) is 0 Å². The Balaban J connectivity index is -0.000000518. The number of ether oxygens (including phenoxy) is 7. The number of esters is 6. The molecule has 3 N–H and O–H groups in total. The third kappa shape index (κ3) is 118. The third-order valence-corrected chi connectivity index (χ3v) is 25.7. The summed E-state index contributed by atoms with van der Waals surface area (Å²) in [7, 11) is 5.76. The van der Waals surface area contributed by atoms with Gasteiger partial charge in [-0.25, -0.2) is 0 Å². The Morgan fingerprint density at radius 3 is 0.649 bits per heavy atom. The van der Waals surface area contributed by atoms with E-state index in [0.717, 1.165) is 186 Å². The Morgan fingerprint density at radius 2 is 0.425 bits per heavy atom. The number of allylic oxidation sites excluding steroid dienone is 2. The molecule has 1 heterocycles. The van der Waals surface area contributed by atoms with E-state index in [2.05, 4.69) is 86.5 Å². The van der Waals surface area contributed by atoms with Gasteiger partial charge in [0.1, 0.15) is 18.5 Å². The molecule has 1 rings (SSSR count). The molecule has 1 aliphatic heterocycles. The standard InChI is InChI=1S/2C29H56O5.C19H36O3.C19H36O2.C10H20O2.C10H20O/c1-4-6-8-10-12-16-21-25-29(32)34-27(23-19-15-11-9-7-5-2)26(30)22-18-14-13-17-20-24-28(31)33-3;1-4-6-8-10-12-16-21-25-29(32)34-27(26(30)22-18-14-11-9-7-5-2)23-19-15-13-17-20-24-28(31)33-3;1-3-4-5-6-8-11-14-17-18(22-17)15-12-9-7-10-13-16-19(20)21-2;1-3-4-5-6-7-8-9-10-11-12-13-14-15-16-17-18-19(20)21-2;1-2-3-4-5-6-7-8-9-10(11)12;1-2-3-4-5-6-7-8-9-10-11/h2*26-27,30H,4-25H2,1-3H3;17-18H,3-16H2,1-2H3;10-11H,3-9,12-18H2,1-2H3;2-9H2,1H3,(H,11,12);10H,2-9H2,1H3/b;;;11-10-;;. The number of unbranched alkanes of at least 4 members (excludes halogenated alkanes) is 63. The fourth-order valence-electron chi connectivity index (χ4n) is 16.6. The van der Waals surface area contributed by atoms with Gasteiger partial charge < -0.3 is 53.3 Å². The smallest absolute Gasteiger partial charge is 0.306 e. The lowest BCUT2D eigenvalue weighted by Crippen LogP contribution is -2.31. The molecular formula is C116H224O18. The van der Waals surface area contributed by atoms with Gasteiger partial charge in [-0.05, 0) is 128 Å². The number of hydrogen-bond acceptors (Lipinski definition) is 17. The molecule has 796 valence electrons. The molecule has 0 aromatic heterocycles. The molecule has 0 aromatic rings. The van der Waals surface area contributed by atoms with E-state index in [0.29, 0.717) is 70.0 Å². The Hall–Kier alpha value is -4.42. The minimum atomic E-state index is -0.663. The summed E-state index contributed by atoms with van der Waals surface area (Å²) in [6.07, 6.45) is 103. The van der Waals surface area contributed by atoms with Gasteiger partial charge >= 0.3 is 41.8 Å². The van der Waals surface area contributed by atoms with Crippen LogP contribution >= 0.6 is 0 Å². The molecule has 1 aliphatic rings. The maximum Gasteiger partial charge on any atom is 0.306 e. The molecule has 1 fully saturated rings. The van der Waals surface area contributed by atoms with Crippen molar-refractivity contribution in [3.8, 4) is 0 Å². The second kappa shape index (κ2) is 119. The van der Waals surface area contributed by atoms with E-state index in [4.69, 9.17) is 19.3 Å².